The van der Waals surface area contributed by atoms with E-state index in [1.807, 2.05) is 0 Å². The zero-order valence-corrected chi connectivity index (χ0v) is 22.1. The Labute approximate surface area is 200 Å². The van der Waals surface area contributed by atoms with Crippen LogP contribution in [-0.4, -0.2) is 27.0 Å². The fourth-order valence-corrected chi connectivity index (χ4v) is 5.56. The Bertz CT molecular complexity index is 228. The molecular weight excluding hydrogens is 422 g/mol. The van der Waals surface area contributed by atoms with Crippen molar-refractivity contribution in [1.29, 1.82) is 0 Å². The van der Waals surface area contributed by atoms with Gasteiger partial charge in [0.2, 0.25) is 0 Å². The monoisotopic (exact) mass is 468 g/mol. The molecule has 0 unspecified atom stereocenters. The predicted molar refractivity (Wildman–Crippen MR) is 129 cm³/mol. The Morgan fingerprint density at radius 1 is 0.321 bits per heavy atom. The summed E-state index contributed by atoms with van der Waals surface area (Å²) in [6.07, 6.45) is 28.4. The van der Waals surface area contributed by atoms with Gasteiger partial charge in [-0.15, -0.1) is 23.2 Å². The normalized spacial score (nSPS) is 10.6. The van der Waals surface area contributed by atoms with Crippen LogP contribution >= 0.6 is 23.2 Å². The number of rotatable bonds is 24. The molecule has 0 saturated carbocycles. The molecule has 0 bridgehead atoms. The first kappa shape index (κ1) is 31.6. The van der Waals surface area contributed by atoms with Crippen molar-refractivity contribution in [2.75, 3.05) is 11.8 Å². The van der Waals surface area contributed by atoms with E-state index in [1.54, 1.807) is 10.6 Å². The topological polar surface area (TPSA) is 0 Å². The second-order valence-electron chi connectivity index (χ2n) is 8.32. The molecule has 0 aromatic carbocycles. The van der Waals surface area contributed by atoms with Gasteiger partial charge in [-0.25, -0.2) is 0 Å². The van der Waals surface area contributed by atoms with E-state index < -0.39 is 0 Å². The van der Waals surface area contributed by atoms with Gasteiger partial charge < -0.3 is 12.4 Å². The molecule has 28 heavy (non-hydrogen) atoms. The van der Waals surface area contributed by atoms with Crippen molar-refractivity contribution in [3.63, 3.8) is 0 Å². The molecule has 0 aliphatic carbocycles. The van der Waals surface area contributed by atoms with Crippen molar-refractivity contribution >= 4 is 38.4 Å². The summed E-state index contributed by atoms with van der Waals surface area (Å²) in [5.74, 6) is 1.69. The number of hydrogen-bond donors (Lipinski definition) is 0. The van der Waals surface area contributed by atoms with Gasteiger partial charge in [-0.05, 0) is 0 Å². The molecule has 0 fully saturated rings. The molecular formula is C24H48AlCl3. The van der Waals surface area contributed by atoms with Crippen molar-refractivity contribution in [2.45, 2.75) is 139 Å². The summed E-state index contributed by atoms with van der Waals surface area (Å²) >= 11 is 12.2. The van der Waals surface area contributed by atoms with E-state index >= 15 is 0 Å². The molecule has 0 saturated heterocycles. The summed E-state index contributed by atoms with van der Waals surface area (Å²) in [7, 11) is 0. The van der Waals surface area contributed by atoms with Crippen LogP contribution in [-0.2, 0) is 0 Å². The van der Waals surface area contributed by atoms with E-state index in [0.717, 1.165) is 27.0 Å². The number of hydrogen-bond acceptors (Lipinski definition) is 0. The SMILES string of the molecule is ClCCCCCCCCCCC[CH2][Al+][CH2]CCCCCCCCCCCCl.[Cl-]. The Morgan fingerprint density at radius 3 is 0.786 bits per heavy atom. The van der Waals surface area contributed by atoms with Crippen molar-refractivity contribution in [1.82, 2.24) is 0 Å². The molecule has 0 spiro atoms. The average molecular weight is 470 g/mol. The molecule has 0 N–H and O–H groups in total. The van der Waals surface area contributed by atoms with Gasteiger partial charge in [-0.3, -0.25) is 0 Å². The van der Waals surface area contributed by atoms with Gasteiger partial charge >= 0.3 is 166 Å². The number of unbranched alkanes of at least 4 members (excludes halogenated alkanes) is 18. The third-order valence-electron chi connectivity index (χ3n) is 5.58. The molecule has 0 radical (unpaired) electrons. The van der Waals surface area contributed by atoms with E-state index in [4.69, 9.17) is 23.2 Å². The molecule has 0 nitrogen and oxygen atoms in total. The van der Waals surface area contributed by atoms with Crippen LogP contribution in [0.4, 0.5) is 0 Å². The van der Waals surface area contributed by atoms with E-state index in [2.05, 4.69) is 0 Å². The van der Waals surface area contributed by atoms with Crippen LogP contribution in [0.1, 0.15) is 128 Å². The number of halogens is 3. The van der Waals surface area contributed by atoms with Gasteiger partial charge in [0, 0.05) is 0 Å². The van der Waals surface area contributed by atoms with Crippen LogP contribution in [0, 0.1) is 0 Å². The van der Waals surface area contributed by atoms with Gasteiger partial charge in [0.25, 0.3) is 0 Å². The van der Waals surface area contributed by atoms with Gasteiger partial charge in [0.1, 0.15) is 0 Å². The zero-order valence-electron chi connectivity index (χ0n) is 18.7. The Morgan fingerprint density at radius 2 is 0.536 bits per heavy atom. The van der Waals surface area contributed by atoms with Crippen molar-refractivity contribution in [3.8, 4) is 0 Å². The first-order valence-electron chi connectivity index (χ1n) is 12.4. The molecule has 168 valence electrons. The second-order valence-corrected chi connectivity index (χ2v) is 10.8. The molecule has 4 heteroatoms. The van der Waals surface area contributed by atoms with Gasteiger partial charge in [0.05, 0.1) is 0 Å². The quantitative estimate of drug-likeness (QED) is 0.0827. The Balaban J connectivity index is 0. The molecule has 0 atom stereocenters. The zero-order chi connectivity index (χ0) is 19.7. The summed E-state index contributed by atoms with van der Waals surface area (Å²) < 4.78 is 0. The molecule has 0 rings (SSSR count). The average Bonchev–Trinajstić information content (AvgIpc) is 2.68. The van der Waals surface area contributed by atoms with E-state index in [-0.39, 0.29) is 12.4 Å². The third kappa shape index (κ3) is 29.6. The smallest absolute Gasteiger partial charge is 1.00 e. The fourth-order valence-electron chi connectivity index (χ4n) is 3.74. The van der Waals surface area contributed by atoms with Crippen LogP contribution < -0.4 is 12.4 Å². The summed E-state index contributed by atoms with van der Waals surface area (Å²) in [4.78, 5) is 0. The fraction of sp³-hybridized carbons (Fsp3) is 1.00. The summed E-state index contributed by atoms with van der Waals surface area (Å²) in [6, 6.07) is 0. The molecule has 0 aromatic rings. The molecule has 0 aliphatic rings. The van der Waals surface area contributed by atoms with E-state index in [1.165, 1.54) is 128 Å². The minimum Gasteiger partial charge on any atom is -1.00 e. The van der Waals surface area contributed by atoms with E-state index in [0.29, 0.717) is 0 Å². The van der Waals surface area contributed by atoms with Crippen molar-refractivity contribution in [2.24, 2.45) is 0 Å². The summed E-state index contributed by atoms with van der Waals surface area (Å²) in [6.45, 7) is 0. The van der Waals surface area contributed by atoms with Crippen LogP contribution in [0.15, 0.2) is 0 Å². The number of alkyl halides is 2. The van der Waals surface area contributed by atoms with Crippen molar-refractivity contribution < 1.29 is 12.4 Å². The first-order valence-corrected chi connectivity index (χ1v) is 15.1. The Hall–Kier alpha value is 1.40. The van der Waals surface area contributed by atoms with Gasteiger partial charge in [-0.1, -0.05) is 0 Å². The van der Waals surface area contributed by atoms with Crippen LogP contribution in [0.3, 0.4) is 0 Å². The molecule has 0 aromatic heterocycles. The maximum absolute atomic E-state index is 5.70. The minimum absolute atomic E-state index is 0. The van der Waals surface area contributed by atoms with Crippen molar-refractivity contribution in [3.05, 3.63) is 0 Å². The first-order chi connectivity index (χ1) is 13.4. The Kier molecular flexibility index (Phi) is 34.5. The third-order valence-corrected chi connectivity index (χ3v) is 7.75. The van der Waals surface area contributed by atoms with E-state index in [9.17, 15) is 0 Å². The van der Waals surface area contributed by atoms with Crippen LogP contribution in [0.5, 0.6) is 0 Å². The molecule has 0 aliphatic heterocycles. The van der Waals surface area contributed by atoms with Crippen LogP contribution in [0.25, 0.3) is 0 Å². The van der Waals surface area contributed by atoms with Gasteiger partial charge in [0.15, 0.2) is 0 Å². The second kappa shape index (κ2) is 30.6. The summed E-state index contributed by atoms with van der Waals surface area (Å²) in [5, 5.41) is 3.11. The maximum atomic E-state index is 5.70. The van der Waals surface area contributed by atoms with Gasteiger partial charge in [-0.2, -0.15) is 0 Å². The van der Waals surface area contributed by atoms with Crippen LogP contribution in [0.2, 0.25) is 10.6 Å². The molecule has 0 amide bonds. The molecule has 0 heterocycles. The standard InChI is InChI=1S/2C12H24Cl.Al.ClH/c2*1-2-3-4-5-6-7-8-9-10-11-12-13;;/h2*1-12H2;;1H/q;;+1;/p-1. The predicted octanol–water partition coefficient (Wildman–Crippen LogP) is 6.81. The summed E-state index contributed by atoms with van der Waals surface area (Å²) in [5.41, 5.74) is 0. The minimum atomic E-state index is 0.